The van der Waals surface area contributed by atoms with Gasteiger partial charge in [-0.25, -0.2) is 13.2 Å². The SMILES string of the molecule is Cc1cc(C(=O)NC(CCS(C)(=O)=O)C(=O)O)ccc1Cl. The van der Waals surface area contributed by atoms with Crippen molar-refractivity contribution < 1.29 is 23.1 Å². The summed E-state index contributed by atoms with van der Waals surface area (Å²) in [4.78, 5) is 23.1. The van der Waals surface area contributed by atoms with Crippen LogP contribution in [0, 0.1) is 6.92 Å². The number of hydrogen-bond acceptors (Lipinski definition) is 4. The van der Waals surface area contributed by atoms with Crippen molar-refractivity contribution in [1.82, 2.24) is 5.32 Å². The molecular formula is C13H16ClNO5S. The third-order valence-corrected chi connectivity index (χ3v) is 4.20. The Labute approximate surface area is 128 Å². The molecule has 1 aromatic rings. The van der Waals surface area contributed by atoms with Crippen molar-refractivity contribution >= 4 is 33.3 Å². The second-order valence-electron chi connectivity index (χ2n) is 4.75. The molecule has 0 radical (unpaired) electrons. The summed E-state index contributed by atoms with van der Waals surface area (Å²) in [5, 5.41) is 11.8. The van der Waals surface area contributed by atoms with Crippen LogP contribution in [-0.2, 0) is 14.6 Å². The molecule has 1 aromatic carbocycles. The van der Waals surface area contributed by atoms with E-state index in [9.17, 15) is 18.0 Å². The zero-order chi connectivity index (χ0) is 16.2. The van der Waals surface area contributed by atoms with E-state index >= 15 is 0 Å². The maximum Gasteiger partial charge on any atom is 0.326 e. The van der Waals surface area contributed by atoms with Crippen molar-refractivity contribution in [3.05, 3.63) is 34.3 Å². The number of aryl methyl sites for hydroxylation is 1. The van der Waals surface area contributed by atoms with Gasteiger partial charge in [0.1, 0.15) is 15.9 Å². The summed E-state index contributed by atoms with van der Waals surface area (Å²) >= 11 is 5.85. The summed E-state index contributed by atoms with van der Waals surface area (Å²) in [6, 6.07) is 3.29. The van der Waals surface area contributed by atoms with E-state index in [4.69, 9.17) is 16.7 Å². The summed E-state index contributed by atoms with van der Waals surface area (Å²) in [6.07, 6.45) is 0.822. The van der Waals surface area contributed by atoms with E-state index in [1.54, 1.807) is 6.92 Å². The zero-order valence-corrected chi connectivity index (χ0v) is 13.2. The molecule has 6 nitrogen and oxygen atoms in total. The summed E-state index contributed by atoms with van der Waals surface area (Å²) in [7, 11) is -3.30. The van der Waals surface area contributed by atoms with Crippen LogP contribution in [0.5, 0.6) is 0 Å². The molecule has 0 saturated carbocycles. The van der Waals surface area contributed by atoms with Crippen LogP contribution in [0.4, 0.5) is 0 Å². The number of carbonyl (C=O) groups is 2. The zero-order valence-electron chi connectivity index (χ0n) is 11.6. The van der Waals surface area contributed by atoms with Crippen LogP contribution in [0.15, 0.2) is 18.2 Å². The fraction of sp³-hybridized carbons (Fsp3) is 0.385. The van der Waals surface area contributed by atoms with Crippen molar-refractivity contribution in [2.45, 2.75) is 19.4 Å². The summed E-state index contributed by atoms with van der Waals surface area (Å²) in [5.74, 6) is -2.18. The molecule has 21 heavy (non-hydrogen) atoms. The minimum absolute atomic E-state index is 0.188. The number of carbonyl (C=O) groups excluding carboxylic acids is 1. The minimum Gasteiger partial charge on any atom is -0.480 e. The maximum atomic E-state index is 12.0. The lowest BCUT2D eigenvalue weighted by Crippen LogP contribution is -2.41. The van der Waals surface area contributed by atoms with Crippen LogP contribution in [-0.4, -0.2) is 43.5 Å². The molecule has 2 N–H and O–H groups in total. The van der Waals surface area contributed by atoms with Crippen LogP contribution in [0.1, 0.15) is 22.3 Å². The largest absolute Gasteiger partial charge is 0.480 e. The molecule has 0 aliphatic rings. The first kappa shape index (κ1) is 17.5. The number of rotatable bonds is 6. The van der Waals surface area contributed by atoms with E-state index in [-0.39, 0.29) is 17.7 Å². The van der Waals surface area contributed by atoms with E-state index in [1.165, 1.54) is 18.2 Å². The molecule has 0 heterocycles. The van der Waals surface area contributed by atoms with Gasteiger partial charge in [-0.1, -0.05) is 11.6 Å². The van der Waals surface area contributed by atoms with E-state index in [0.717, 1.165) is 6.26 Å². The van der Waals surface area contributed by atoms with E-state index in [0.29, 0.717) is 10.6 Å². The Balaban J connectivity index is 2.81. The van der Waals surface area contributed by atoms with Gasteiger partial charge >= 0.3 is 5.97 Å². The highest BCUT2D eigenvalue weighted by Crippen LogP contribution is 2.16. The molecule has 0 aliphatic carbocycles. The smallest absolute Gasteiger partial charge is 0.326 e. The van der Waals surface area contributed by atoms with Crippen molar-refractivity contribution in [1.29, 1.82) is 0 Å². The molecule has 0 fully saturated rings. The van der Waals surface area contributed by atoms with Gasteiger partial charge in [-0.2, -0.15) is 0 Å². The van der Waals surface area contributed by atoms with Crippen LogP contribution < -0.4 is 5.32 Å². The monoisotopic (exact) mass is 333 g/mol. The van der Waals surface area contributed by atoms with Gasteiger partial charge < -0.3 is 10.4 Å². The first-order valence-corrected chi connectivity index (χ1v) is 8.51. The molecule has 8 heteroatoms. The van der Waals surface area contributed by atoms with Gasteiger partial charge in [0.15, 0.2) is 0 Å². The lowest BCUT2D eigenvalue weighted by Gasteiger charge is -2.14. The number of benzene rings is 1. The van der Waals surface area contributed by atoms with Gasteiger partial charge in [-0.3, -0.25) is 4.79 Å². The fourth-order valence-corrected chi connectivity index (χ4v) is 2.40. The third-order valence-electron chi connectivity index (χ3n) is 2.80. The maximum absolute atomic E-state index is 12.0. The van der Waals surface area contributed by atoms with Crippen LogP contribution in [0.25, 0.3) is 0 Å². The topological polar surface area (TPSA) is 101 Å². The highest BCUT2D eigenvalue weighted by Gasteiger charge is 2.22. The summed E-state index contributed by atoms with van der Waals surface area (Å²) in [6.45, 7) is 1.72. The molecule has 116 valence electrons. The third kappa shape index (κ3) is 5.73. The van der Waals surface area contributed by atoms with Gasteiger partial charge in [-0.05, 0) is 37.1 Å². The van der Waals surface area contributed by atoms with Crippen molar-refractivity contribution in [2.75, 3.05) is 12.0 Å². The Kier molecular flexibility index (Phi) is 5.74. The molecule has 1 atom stereocenters. The van der Waals surface area contributed by atoms with Gasteiger partial charge in [0, 0.05) is 16.8 Å². The number of sulfone groups is 1. The Hall–Kier alpha value is -1.60. The van der Waals surface area contributed by atoms with E-state index in [2.05, 4.69) is 5.32 Å². The predicted molar refractivity (Wildman–Crippen MR) is 79.4 cm³/mol. The van der Waals surface area contributed by atoms with Crippen LogP contribution in [0.3, 0.4) is 0 Å². The average Bonchev–Trinajstić information content (AvgIpc) is 2.36. The number of aliphatic carboxylic acids is 1. The first-order valence-electron chi connectivity index (χ1n) is 6.07. The molecule has 0 spiro atoms. The number of amides is 1. The predicted octanol–water partition coefficient (Wildman–Crippen LogP) is 1.27. The van der Waals surface area contributed by atoms with Gasteiger partial charge in [0.25, 0.3) is 5.91 Å². The lowest BCUT2D eigenvalue weighted by atomic mass is 10.1. The molecule has 1 amide bonds. The van der Waals surface area contributed by atoms with Crippen molar-refractivity contribution in [3.8, 4) is 0 Å². The number of nitrogens with one attached hydrogen (secondary N) is 1. The Bertz CT molecular complexity index is 657. The van der Waals surface area contributed by atoms with Crippen LogP contribution >= 0.6 is 11.6 Å². The molecule has 0 aliphatic heterocycles. The lowest BCUT2D eigenvalue weighted by molar-refractivity contribution is -0.139. The van der Waals surface area contributed by atoms with E-state index < -0.39 is 27.8 Å². The number of halogens is 1. The number of carboxylic acids is 1. The molecule has 0 aromatic heterocycles. The normalized spacial score (nSPS) is 12.7. The second-order valence-corrected chi connectivity index (χ2v) is 7.41. The molecule has 1 rings (SSSR count). The molecular weight excluding hydrogens is 318 g/mol. The fourth-order valence-electron chi connectivity index (χ4n) is 1.62. The number of carboxylic acid groups (broad SMARTS) is 1. The molecule has 1 unspecified atom stereocenters. The average molecular weight is 334 g/mol. The Morgan fingerprint density at radius 3 is 2.48 bits per heavy atom. The quantitative estimate of drug-likeness (QED) is 0.816. The van der Waals surface area contributed by atoms with E-state index in [1.807, 2.05) is 0 Å². The summed E-state index contributed by atoms with van der Waals surface area (Å²) < 4.78 is 22.2. The molecule has 0 saturated heterocycles. The van der Waals surface area contributed by atoms with Gasteiger partial charge in [0.2, 0.25) is 0 Å². The summed E-state index contributed by atoms with van der Waals surface area (Å²) in [5.41, 5.74) is 0.954. The van der Waals surface area contributed by atoms with Gasteiger partial charge in [0.05, 0.1) is 5.75 Å². The van der Waals surface area contributed by atoms with Crippen molar-refractivity contribution in [3.63, 3.8) is 0 Å². The Morgan fingerprint density at radius 1 is 1.38 bits per heavy atom. The van der Waals surface area contributed by atoms with Crippen LogP contribution in [0.2, 0.25) is 5.02 Å². The van der Waals surface area contributed by atoms with Gasteiger partial charge in [-0.15, -0.1) is 0 Å². The number of hydrogen-bond donors (Lipinski definition) is 2. The highest BCUT2D eigenvalue weighted by molar-refractivity contribution is 7.90. The first-order chi connectivity index (χ1) is 9.60. The highest BCUT2D eigenvalue weighted by atomic mass is 35.5. The standard InChI is InChI=1S/C13H16ClNO5S/c1-8-7-9(3-4-10(8)14)12(16)15-11(13(17)18)5-6-21(2,19)20/h3-4,7,11H,5-6H2,1-2H3,(H,15,16)(H,17,18). The Morgan fingerprint density at radius 2 is 2.00 bits per heavy atom. The second kappa shape index (κ2) is 6.91. The van der Waals surface area contributed by atoms with Crippen molar-refractivity contribution in [2.24, 2.45) is 0 Å². The molecule has 0 bridgehead atoms. The minimum atomic E-state index is -3.30.